The van der Waals surface area contributed by atoms with Crippen molar-refractivity contribution in [2.45, 2.75) is 25.9 Å². The molecule has 3 N–H and O–H groups in total. The molecule has 1 aromatic carbocycles. The average Bonchev–Trinajstić information content (AvgIpc) is 2.47. The second-order valence-electron chi connectivity index (χ2n) is 4.74. The van der Waals surface area contributed by atoms with Crippen LogP contribution < -0.4 is 11.1 Å². The number of nitrogens with two attached hydrogens (primary N) is 1. The average molecular weight is 315 g/mol. The molecular formula is C13H13F4N5. The van der Waals surface area contributed by atoms with Crippen molar-refractivity contribution in [3.63, 3.8) is 0 Å². The third-order valence-corrected chi connectivity index (χ3v) is 3.06. The van der Waals surface area contributed by atoms with Crippen LogP contribution in [0.3, 0.4) is 0 Å². The zero-order chi connectivity index (χ0) is 16.5. The molecule has 0 bridgehead atoms. The zero-order valence-electron chi connectivity index (χ0n) is 11.8. The van der Waals surface area contributed by atoms with E-state index in [9.17, 15) is 17.6 Å². The smallest absolute Gasteiger partial charge is 0.232 e. The third-order valence-electron chi connectivity index (χ3n) is 3.06. The van der Waals surface area contributed by atoms with Crippen LogP contribution in [0.25, 0.3) is 0 Å². The van der Waals surface area contributed by atoms with E-state index in [0.717, 1.165) is 6.07 Å². The normalized spacial score (nSPS) is 13.7. The van der Waals surface area contributed by atoms with E-state index < -0.39 is 28.8 Å². The molecule has 0 aliphatic heterocycles. The maximum absolute atomic E-state index is 14.2. The highest BCUT2D eigenvalue weighted by atomic mass is 19.2. The van der Waals surface area contributed by atoms with Gasteiger partial charge >= 0.3 is 0 Å². The first-order valence-corrected chi connectivity index (χ1v) is 6.36. The molecule has 0 fully saturated rings. The van der Waals surface area contributed by atoms with Gasteiger partial charge in [0.25, 0.3) is 0 Å². The maximum Gasteiger partial charge on any atom is 0.232 e. The standard InChI is InChI=1S/C13H13F4N5/c1-3-13(2,17)10-20-11(18)22-12(21-10)19-9-7(15)5-4-6(14)8(9)16/h4-5H,3H2,1-2H3,(H3,18,19,20,21,22). The molecule has 0 spiro atoms. The Bertz CT molecular complexity index is 705. The summed E-state index contributed by atoms with van der Waals surface area (Å²) in [5, 5.41) is 2.16. The number of nitrogens with one attached hydrogen (secondary N) is 1. The van der Waals surface area contributed by atoms with Crippen LogP contribution in [0.5, 0.6) is 0 Å². The van der Waals surface area contributed by atoms with Crippen LogP contribution in [0.15, 0.2) is 12.1 Å². The van der Waals surface area contributed by atoms with Gasteiger partial charge in [0.2, 0.25) is 11.9 Å². The van der Waals surface area contributed by atoms with Crippen LogP contribution in [0, 0.1) is 17.5 Å². The van der Waals surface area contributed by atoms with Gasteiger partial charge in [-0.1, -0.05) is 6.92 Å². The molecule has 0 aliphatic carbocycles. The van der Waals surface area contributed by atoms with Crippen LogP contribution in [0.2, 0.25) is 0 Å². The Hall–Kier alpha value is -2.45. The Kier molecular flexibility index (Phi) is 4.16. The van der Waals surface area contributed by atoms with Crippen molar-refractivity contribution in [1.82, 2.24) is 15.0 Å². The number of aromatic nitrogens is 3. The van der Waals surface area contributed by atoms with E-state index in [-0.39, 0.29) is 24.1 Å². The summed E-state index contributed by atoms with van der Waals surface area (Å²) >= 11 is 0. The van der Waals surface area contributed by atoms with E-state index in [1.165, 1.54) is 6.92 Å². The van der Waals surface area contributed by atoms with Gasteiger partial charge in [-0.2, -0.15) is 15.0 Å². The molecule has 22 heavy (non-hydrogen) atoms. The fourth-order valence-corrected chi connectivity index (χ4v) is 1.59. The first-order valence-electron chi connectivity index (χ1n) is 6.36. The number of rotatable bonds is 4. The predicted molar refractivity (Wildman–Crippen MR) is 72.6 cm³/mol. The lowest BCUT2D eigenvalue weighted by Gasteiger charge is -2.17. The first-order chi connectivity index (χ1) is 10.2. The number of halogens is 4. The van der Waals surface area contributed by atoms with Gasteiger partial charge < -0.3 is 11.1 Å². The molecule has 2 rings (SSSR count). The molecule has 5 nitrogen and oxygen atoms in total. The summed E-state index contributed by atoms with van der Waals surface area (Å²) in [7, 11) is 0. The topological polar surface area (TPSA) is 76.7 Å². The Balaban J connectivity index is 2.45. The number of hydrogen-bond acceptors (Lipinski definition) is 5. The van der Waals surface area contributed by atoms with Crippen LogP contribution >= 0.6 is 0 Å². The summed E-state index contributed by atoms with van der Waals surface area (Å²) in [4.78, 5) is 11.0. The fourth-order valence-electron chi connectivity index (χ4n) is 1.59. The minimum Gasteiger partial charge on any atom is -0.368 e. The van der Waals surface area contributed by atoms with Crippen molar-refractivity contribution < 1.29 is 17.6 Å². The lowest BCUT2D eigenvalue weighted by Crippen LogP contribution is -2.20. The highest BCUT2D eigenvalue weighted by molar-refractivity contribution is 5.56. The summed E-state index contributed by atoms with van der Waals surface area (Å²) in [6.45, 7) is 2.80. The van der Waals surface area contributed by atoms with Crippen molar-refractivity contribution in [3.05, 3.63) is 35.4 Å². The van der Waals surface area contributed by atoms with Gasteiger partial charge in [0.1, 0.15) is 11.5 Å². The molecule has 0 amide bonds. The summed E-state index contributed by atoms with van der Waals surface area (Å²) in [6.07, 6.45) is 0.0541. The number of hydrogen-bond donors (Lipinski definition) is 2. The number of benzene rings is 1. The van der Waals surface area contributed by atoms with E-state index in [2.05, 4.69) is 20.3 Å². The molecule has 9 heteroatoms. The highest BCUT2D eigenvalue weighted by Gasteiger charge is 2.28. The van der Waals surface area contributed by atoms with Crippen molar-refractivity contribution in [3.8, 4) is 0 Å². The van der Waals surface area contributed by atoms with E-state index in [0.29, 0.717) is 6.07 Å². The second kappa shape index (κ2) is 5.74. The van der Waals surface area contributed by atoms with Gasteiger partial charge in [-0.3, -0.25) is 0 Å². The summed E-state index contributed by atoms with van der Waals surface area (Å²) in [5.74, 6) is -4.76. The molecule has 0 saturated heterocycles. The van der Waals surface area contributed by atoms with Gasteiger partial charge in [0, 0.05) is 0 Å². The van der Waals surface area contributed by atoms with Crippen LogP contribution in [-0.4, -0.2) is 15.0 Å². The highest BCUT2D eigenvalue weighted by Crippen LogP contribution is 2.28. The van der Waals surface area contributed by atoms with Gasteiger partial charge in [-0.05, 0) is 25.5 Å². The quantitative estimate of drug-likeness (QED) is 0.669. The minimum absolute atomic E-state index is 0.0541. The van der Waals surface area contributed by atoms with Crippen LogP contribution in [0.1, 0.15) is 26.1 Å². The van der Waals surface area contributed by atoms with Gasteiger partial charge in [0.15, 0.2) is 23.1 Å². The molecule has 1 aromatic heterocycles. The maximum atomic E-state index is 14.2. The summed E-state index contributed by atoms with van der Waals surface area (Å²) in [5.41, 5.74) is 2.75. The van der Waals surface area contributed by atoms with Crippen LogP contribution in [0.4, 0.5) is 35.1 Å². The number of alkyl halides is 1. The zero-order valence-corrected chi connectivity index (χ0v) is 11.8. The molecule has 1 heterocycles. The molecule has 1 atom stereocenters. The van der Waals surface area contributed by atoms with Crippen molar-refractivity contribution in [2.75, 3.05) is 11.1 Å². The Labute approximate surface area is 123 Å². The minimum atomic E-state index is -1.90. The molecule has 1 unspecified atom stereocenters. The van der Waals surface area contributed by atoms with Gasteiger partial charge in [-0.15, -0.1) is 0 Å². The molecule has 2 aromatic rings. The van der Waals surface area contributed by atoms with Gasteiger partial charge in [0.05, 0.1) is 0 Å². The van der Waals surface area contributed by atoms with E-state index in [1.54, 1.807) is 6.92 Å². The van der Waals surface area contributed by atoms with Crippen LogP contribution in [-0.2, 0) is 5.67 Å². The molecule has 118 valence electrons. The second-order valence-corrected chi connectivity index (χ2v) is 4.74. The monoisotopic (exact) mass is 315 g/mol. The lowest BCUT2D eigenvalue weighted by atomic mass is 10.1. The molecule has 0 saturated carbocycles. The first kappa shape index (κ1) is 15.9. The van der Waals surface area contributed by atoms with Crippen molar-refractivity contribution >= 4 is 17.6 Å². The number of anilines is 3. The Morgan fingerprint density at radius 1 is 1.14 bits per heavy atom. The van der Waals surface area contributed by atoms with Crippen molar-refractivity contribution in [1.29, 1.82) is 0 Å². The lowest BCUT2D eigenvalue weighted by molar-refractivity contribution is 0.172. The Morgan fingerprint density at radius 3 is 2.41 bits per heavy atom. The molecule has 0 aliphatic rings. The van der Waals surface area contributed by atoms with Crippen molar-refractivity contribution in [2.24, 2.45) is 0 Å². The number of nitrogens with zero attached hydrogens (tertiary/aromatic N) is 3. The van der Waals surface area contributed by atoms with Gasteiger partial charge in [-0.25, -0.2) is 17.6 Å². The van der Waals surface area contributed by atoms with E-state index in [1.807, 2.05) is 0 Å². The third kappa shape index (κ3) is 3.07. The summed E-state index contributed by atoms with van der Waals surface area (Å²) in [6, 6.07) is 1.37. The summed E-state index contributed by atoms with van der Waals surface area (Å²) < 4.78 is 54.5. The van der Waals surface area contributed by atoms with E-state index >= 15 is 0 Å². The fraction of sp³-hybridized carbons (Fsp3) is 0.308. The SMILES string of the molecule is CCC(C)(F)c1nc(N)nc(Nc2c(F)ccc(F)c2F)n1. The molecule has 0 radical (unpaired) electrons. The van der Waals surface area contributed by atoms with E-state index in [4.69, 9.17) is 5.73 Å². The molecular weight excluding hydrogens is 302 g/mol. The largest absolute Gasteiger partial charge is 0.368 e. The number of nitrogen functional groups attached to an aromatic ring is 1. The predicted octanol–water partition coefficient (Wildman–Crippen LogP) is 3.21. The Morgan fingerprint density at radius 2 is 1.77 bits per heavy atom.